The van der Waals surface area contributed by atoms with E-state index in [9.17, 15) is 0 Å². The van der Waals surface area contributed by atoms with Gasteiger partial charge in [0.2, 0.25) is 0 Å². The van der Waals surface area contributed by atoms with Crippen LogP contribution in [0.15, 0.2) is 24.3 Å². The van der Waals surface area contributed by atoms with E-state index in [-0.39, 0.29) is 5.41 Å². The number of hydrogen-bond donors (Lipinski definition) is 1. The van der Waals surface area contributed by atoms with Gasteiger partial charge in [-0.3, -0.25) is 0 Å². The molecular formula is C17H29NS. The van der Waals surface area contributed by atoms with E-state index in [0.29, 0.717) is 6.04 Å². The molecule has 1 rings (SSSR count). The highest BCUT2D eigenvalue weighted by atomic mass is 32.2. The fraction of sp³-hybridized carbons (Fsp3) is 0.647. The van der Waals surface area contributed by atoms with Crippen molar-refractivity contribution in [1.29, 1.82) is 0 Å². The van der Waals surface area contributed by atoms with Crippen LogP contribution in [0.4, 0.5) is 0 Å². The maximum atomic E-state index is 3.60. The lowest BCUT2D eigenvalue weighted by atomic mass is 9.86. The third-order valence-corrected chi connectivity index (χ3v) is 4.38. The quantitative estimate of drug-likeness (QED) is 0.721. The lowest BCUT2D eigenvalue weighted by molar-refractivity contribution is 0.568. The van der Waals surface area contributed by atoms with Crippen LogP contribution in [0, 0.1) is 0 Å². The second kappa shape index (κ2) is 7.96. The van der Waals surface area contributed by atoms with Gasteiger partial charge in [-0.05, 0) is 47.9 Å². The van der Waals surface area contributed by atoms with E-state index in [1.54, 1.807) is 0 Å². The molecule has 1 atom stereocenters. The molecule has 0 radical (unpaired) electrons. The highest BCUT2D eigenvalue weighted by Gasteiger charge is 2.13. The van der Waals surface area contributed by atoms with Crippen LogP contribution >= 0.6 is 11.8 Å². The van der Waals surface area contributed by atoms with Gasteiger partial charge in [0.25, 0.3) is 0 Å². The van der Waals surface area contributed by atoms with Crippen LogP contribution in [-0.2, 0) is 5.41 Å². The Hall–Kier alpha value is -0.470. The van der Waals surface area contributed by atoms with Crippen molar-refractivity contribution < 1.29 is 0 Å². The Balaban J connectivity index is 2.42. The molecule has 0 saturated heterocycles. The minimum Gasteiger partial charge on any atom is -0.310 e. The van der Waals surface area contributed by atoms with Crippen LogP contribution in [0.5, 0.6) is 0 Å². The number of rotatable bonds is 7. The molecule has 2 heteroatoms. The van der Waals surface area contributed by atoms with E-state index in [2.05, 4.69) is 64.2 Å². The third kappa shape index (κ3) is 6.01. The van der Waals surface area contributed by atoms with Crippen LogP contribution in [0.2, 0.25) is 0 Å². The molecule has 108 valence electrons. The Morgan fingerprint density at radius 1 is 1.16 bits per heavy atom. The summed E-state index contributed by atoms with van der Waals surface area (Å²) in [7, 11) is 0. The normalized spacial score (nSPS) is 13.5. The van der Waals surface area contributed by atoms with Crippen molar-refractivity contribution in [3.63, 3.8) is 0 Å². The molecule has 0 aliphatic carbocycles. The molecule has 1 aromatic carbocycles. The molecule has 0 amide bonds. The van der Waals surface area contributed by atoms with Gasteiger partial charge < -0.3 is 5.32 Å². The predicted octanol–water partition coefficient (Wildman–Crippen LogP) is 4.78. The maximum Gasteiger partial charge on any atom is 0.0291 e. The average molecular weight is 279 g/mol. The fourth-order valence-corrected chi connectivity index (χ4v) is 2.66. The van der Waals surface area contributed by atoms with Gasteiger partial charge >= 0.3 is 0 Å². The zero-order valence-electron chi connectivity index (χ0n) is 13.1. The Morgan fingerprint density at radius 2 is 1.79 bits per heavy atom. The Kier molecular flexibility index (Phi) is 6.95. The molecule has 1 nitrogen and oxygen atoms in total. The molecule has 0 fully saturated rings. The van der Waals surface area contributed by atoms with Crippen LogP contribution in [0.25, 0.3) is 0 Å². The molecule has 0 spiro atoms. The first-order valence-electron chi connectivity index (χ1n) is 7.36. The smallest absolute Gasteiger partial charge is 0.0291 e. The van der Waals surface area contributed by atoms with Crippen LogP contribution < -0.4 is 5.32 Å². The van der Waals surface area contributed by atoms with Crippen molar-refractivity contribution in [3.05, 3.63) is 35.4 Å². The second-order valence-corrected chi connectivity index (χ2v) is 7.49. The SMILES string of the molecule is CCSCCCNC(C)c1ccc(C(C)(C)C)cc1. The summed E-state index contributed by atoms with van der Waals surface area (Å²) in [6.45, 7) is 12.4. The second-order valence-electron chi connectivity index (χ2n) is 6.10. The minimum atomic E-state index is 0.243. The minimum absolute atomic E-state index is 0.243. The first kappa shape index (κ1) is 16.6. The van der Waals surface area contributed by atoms with E-state index < -0.39 is 0 Å². The average Bonchev–Trinajstić information content (AvgIpc) is 2.37. The molecule has 0 aliphatic heterocycles. The lowest BCUT2D eigenvalue weighted by Crippen LogP contribution is -2.20. The Morgan fingerprint density at radius 3 is 2.32 bits per heavy atom. The summed E-state index contributed by atoms with van der Waals surface area (Å²) in [5, 5.41) is 3.60. The van der Waals surface area contributed by atoms with Crippen molar-refractivity contribution in [1.82, 2.24) is 5.32 Å². The van der Waals surface area contributed by atoms with E-state index in [0.717, 1.165) is 6.54 Å². The van der Waals surface area contributed by atoms with Gasteiger partial charge in [-0.2, -0.15) is 11.8 Å². The first-order chi connectivity index (χ1) is 8.95. The van der Waals surface area contributed by atoms with Crippen molar-refractivity contribution in [3.8, 4) is 0 Å². The van der Waals surface area contributed by atoms with E-state index in [1.165, 1.54) is 29.1 Å². The topological polar surface area (TPSA) is 12.0 Å². The van der Waals surface area contributed by atoms with Gasteiger partial charge in [0.1, 0.15) is 0 Å². The zero-order valence-corrected chi connectivity index (χ0v) is 13.9. The summed E-state index contributed by atoms with van der Waals surface area (Å²) < 4.78 is 0. The lowest BCUT2D eigenvalue weighted by Gasteiger charge is -2.20. The van der Waals surface area contributed by atoms with Crippen LogP contribution in [0.3, 0.4) is 0 Å². The van der Waals surface area contributed by atoms with Crippen molar-refractivity contribution in [2.24, 2.45) is 0 Å². The van der Waals surface area contributed by atoms with Gasteiger partial charge in [-0.15, -0.1) is 0 Å². The highest BCUT2D eigenvalue weighted by molar-refractivity contribution is 7.99. The van der Waals surface area contributed by atoms with Gasteiger partial charge in [0.15, 0.2) is 0 Å². The van der Waals surface area contributed by atoms with Gasteiger partial charge in [0.05, 0.1) is 0 Å². The van der Waals surface area contributed by atoms with E-state index in [1.807, 2.05) is 11.8 Å². The standard InChI is InChI=1S/C17H29NS/c1-6-19-13-7-12-18-14(2)15-8-10-16(11-9-15)17(3,4)5/h8-11,14,18H,6-7,12-13H2,1-5H3. The van der Waals surface area contributed by atoms with E-state index in [4.69, 9.17) is 0 Å². The van der Waals surface area contributed by atoms with E-state index >= 15 is 0 Å². The summed E-state index contributed by atoms with van der Waals surface area (Å²) in [4.78, 5) is 0. The van der Waals surface area contributed by atoms with Gasteiger partial charge in [0, 0.05) is 6.04 Å². The third-order valence-electron chi connectivity index (χ3n) is 3.40. The number of nitrogens with one attached hydrogen (secondary N) is 1. The van der Waals surface area contributed by atoms with Crippen molar-refractivity contribution in [2.75, 3.05) is 18.1 Å². The molecule has 0 bridgehead atoms. The molecule has 0 saturated carbocycles. The molecule has 19 heavy (non-hydrogen) atoms. The summed E-state index contributed by atoms with van der Waals surface area (Å²) in [5.41, 5.74) is 3.03. The van der Waals surface area contributed by atoms with Crippen molar-refractivity contribution >= 4 is 11.8 Å². The summed E-state index contributed by atoms with van der Waals surface area (Å²) in [6, 6.07) is 9.50. The monoisotopic (exact) mass is 279 g/mol. The Labute approximate surface area is 123 Å². The van der Waals surface area contributed by atoms with Crippen LogP contribution in [-0.4, -0.2) is 18.1 Å². The molecular weight excluding hydrogens is 250 g/mol. The number of benzene rings is 1. The van der Waals surface area contributed by atoms with Gasteiger partial charge in [-0.1, -0.05) is 52.0 Å². The molecule has 1 aromatic rings. The number of thioether (sulfide) groups is 1. The molecule has 0 aromatic heterocycles. The Bertz CT molecular complexity index is 351. The maximum absolute atomic E-state index is 3.60. The zero-order chi connectivity index (χ0) is 14.3. The summed E-state index contributed by atoms with van der Waals surface area (Å²) in [5.74, 6) is 2.49. The highest BCUT2D eigenvalue weighted by Crippen LogP contribution is 2.23. The number of hydrogen-bond acceptors (Lipinski definition) is 2. The van der Waals surface area contributed by atoms with Crippen LogP contribution in [0.1, 0.15) is 58.2 Å². The summed E-state index contributed by atoms with van der Waals surface area (Å²) >= 11 is 2.02. The van der Waals surface area contributed by atoms with Gasteiger partial charge in [-0.25, -0.2) is 0 Å². The molecule has 0 aliphatic rings. The summed E-state index contributed by atoms with van der Waals surface area (Å²) in [6.07, 6.45) is 1.25. The first-order valence-corrected chi connectivity index (χ1v) is 8.52. The molecule has 1 unspecified atom stereocenters. The molecule has 1 N–H and O–H groups in total. The largest absolute Gasteiger partial charge is 0.310 e. The van der Waals surface area contributed by atoms with Crippen molar-refractivity contribution in [2.45, 2.75) is 52.5 Å². The predicted molar refractivity (Wildman–Crippen MR) is 89.2 cm³/mol. The fourth-order valence-electron chi connectivity index (χ4n) is 2.03. The molecule has 0 heterocycles.